The van der Waals surface area contributed by atoms with Crippen LogP contribution in [0.1, 0.15) is 30.0 Å². The minimum Gasteiger partial charge on any atom is -0.494 e. The van der Waals surface area contributed by atoms with Gasteiger partial charge in [0.15, 0.2) is 0 Å². The van der Waals surface area contributed by atoms with Crippen LogP contribution in [0.2, 0.25) is 0 Å². The van der Waals surface area contributed by atoms with Crippen molar-refractivity contribution in [1.82, 2.24) is 4.90 Å². The lowest BCUT2D eigenvalue weighted by atomic mass is 10.0. The smallest absolute Gasteiger partial charge is 0.282 e. The number of morpholine rings is 1. The molecule has 0 bridgehead atoms. The SMILES string of the molecule is CCCOc1ccc(C2=C(N3CCOCC3)C(=O)N(c3cccc(C)c3C)C2=O)cc1. The van der Waals surface area contributed by atoms with Gasteiger partial charge in [-0.05, 0) is 55.2 Å². The van der Waals surface area contributed by atoms with Gasteiger partial charge in [-0.2, -0.15) is 0 Å². The van der Waals surface area contributed by atoms with Crippen molar-refractivity contribution in [3.05, 3.63) is 64.9 Å². The molecule has 0 radical (unpaired) electrons. The van der Waals surface area contributed by atoms with E-state index in [4.69, 9.17) is 9.47 Å². The Morgan fingerprint density at radius 3 is 2.35 bits per heavy atom. The molecule has 0 spiro atoms. The standard InChI is InChI=1S/C25H28N2O4/c1-4-14-31-20-10-8-19(9-11-20)22-23(26-12-15-30-16-13-26)25(29)27(24(22)28)21-7-5-6-17(2)18(21)3/h5-11H,4,12-16H2,1-3H3. The largest absolute Gasteiger partial charge is 0.494 e. The van der Waals surface area contributed by atoms with Crippen molar-refractivity contribution in [1.29, 1.82) is 0 Å². The van der Waals surface area contributed by atoms with E-state index < -0.39 is 0 Å². The molecule has 1 saturated heterocycles. The minimum atomic E-state index is -0.289. The van der Waals surface area contributed by atoms with E-state index in [1.54, 1.807) is 0 Å². The maximum Gasteiger partial charge on any atom is 0.282 e. The first kappa shape index (κ1) is 21.1. The van der Waals surface area contributed by atoms with Gasteiger partial charge in [0, 0.05) is 13.1 Å². The summed E-state index contributed by atoms with van der Waals surface area (Å²) >= 11 is 0. The highest BCUT2D eigenvalue weighted by atomic mass is 16.5. The molecule has 162 valence electrons. The zero-order valence-electron chi connectivity index (χ0n) is 18.3. The van der Waals surface area contributed by atoms with E-state index in [2.05, 4.69) is 6.92 Å². The second-order valence-electron chi connectivity index (χ2n) is 7.86. The van der Waals surface area contributed by atoms with Crippen LogP contribution >= 0.6 is 0 Å². The molecule has 2 aromatic rings. The molecule has 4 rings (SSSR count). The zero-order chi connectivity index (χ0) is 22.0. The van der Waals surface area contributed by atoms with Gasteiger partial charge in [-0.3, -0.25) is 9.59 Å². The van der Waals surface area contributed by atoms with Crippen molar-refractivity contribution in [2.75, 3.05) is 37.8 Å². The number of anilines is 1. The Kier molecular flexibility index (Phi) is 6.09. The van der Waals surface area contributed by atoms with E-state index in [-0.39, 0.29) is 11.8 Å². The van der Waals surface area contributed by atoms with Crippen molar-refractivity contribution in [3.63, 3.8) is 0 Å². The molecule has 6 nitrogen and oxygen atoms in total. The summed E-state index contributed by atoms with van der Waals surface area (Å²) in [4.78, 5) is 30.6. The highest BCUT2D eigenvalue weighted by Gasteiger charge is 2.43. The van der Waals surface area contributed by atoms with Gasteiger partial charge in [0.1, 0.15) is 11.4 Å². The second kappa shape index (κ2) is 8.94. The molecular weight excluding hydrogens is 392 g/mol. The first-order chi connectivity index (χ1) is 15.0. The van der Waals surface area contributed by atoms with Crippen LogP contribution in [-0.4, -0.2) is 49.6 Å². The van der Waals surface area contributed by atoms with Crippen LogP contribution in [0.25, 0.3) is 5.57 Å². The Balaban J connectivity index is 1.77. The summed E-state index contributed by atoms with van der Waals surface area (Å²) < 4.78 is 11.1. The summed E-state index contributed by atoms with van der Waals surface area (Å²) in [5, 5.41) is 0. The summed E-state index contributed by atoms with van der Waals surface area (Å²) in [6, 6.07) is 13.1. The van der Waals surface area contributed by atoms with Crippen LogP contribution in [-0.2, 0) is 14.3 Å². The second-order valence-corrected chi connectivity index (χ2v) is 7.86. The van der Waals surface area contributed by atoms with E-state index in [1.807, 2.05) is 61.2 Å². The van der Waals surface area contributed by atoms with Gasteiger partial charge in [0.2, 0.25) is 0 Å². The molecule has 2 aliphatic heterocycles. The summed E-state index contributed by atoms with van der Waals surface area (Å²) in [7, 11) is 0. The molecular formula is C25H28N2O4. The lowest BCUT2D eigenvalue weighted by molar-refractivity contribution is -0.121. The molecule has 1 fully saturated rings. The van der Waals surface area contributed by atoms with Gasteiger partial charge in [0.25, 0.3) is 11.8 Å². The zero-order valence-corrected chi connectivity index (χ0v) is 18.3. The van der Waals surface area contributed by atoms with Crippen molar-refractivity contribution >= 4 is 23.1 Å². The molecule has 2 amide bonds. The van der Waals surface area contributed by atoms with Gasteiger partial charge >= 0.3 is 0 Å². The molecule has 6 heteroatoms. The van der Waals surface area contributed by atoms with Gasteiger partial charge < -0.3 is 14.4 Å². The third-order valence-electron chi connectivity index (χ3n) is 5.82. The fourth-order valence-electron chi connectivity index (χ4n) is 3.99. The molecule has 2 aromatic carbocycles. The summed E-state index contributed by atoms with van der Waals surface area (Å²) in [5.74, 6) is 0.187. The first-order valence-electron chi connectivity index (χ1n) is 10.8. The molecule has 2 heterocycles. The van der Waals surface area contributed by atoms with Crippen LogP contribution in [0, 0.1) is 13.8 Å². The Labute approximate surface area is 183 Å². The third kappa shape index (κ3) is 3.95. The summed E-state index contributed by atoms with van der Waals surface area (Å²) in [6.07, 6.45) is 0.922. The molecule has 31 heavy (non-hydrogen) atoms. The van der Waals surface area contributed by atoms with Crippen LogP contribution in [0.5, 0.6) is 5.75 Å². The minimum absolute atomic E-state index is 0.276. The molecule has 0 aliphatic carbocycles. The summed E-state index contributed by atoms with van der Waals surface area (Å²) in [6.45, 7) is 8.84. The Hall–Kier alpha value is -3.12. The molecule has 0 aromatic heterocycles. The number of aryl methyl sites for hydroxylation is 1. The average Bonchev–Trinajstić information content (AvgIpc) is 3.05. The number of carbonyl (C=O) groups excluding carboxylic acids is 2. The van der Waals surface area contributed by atoms with E-state index in [1.165, 1.54) is 4.90 Å². The van der Waals surface area contributed by atoms with Crippen molar-refractivity contribution < 1.29 is 19.1 Å². The maximum atomic E-state index is 13.6. The lowest BCUT2D eigenvalue weighted by Crippen LogP contribution is -2.40. The topological polar surface area (TPSA) is 59.1 Å². The Bertz CT molecular complexity index is 1020. The normalized spacial score (nSPS) is 17.0. The maximum absolute atomic E-state index is 13.6. The quantitative estimate of drug-likeness (QED) is 0.667. The fraction of sp³-hybridized carbons (Fsp3) is 0.360. The number of imide groups is 1. The van der Waals surface area contributed by atoms with Crippen LogP contribution in [0.4, 0.5) is 5.69 Å². The number of nitrogens with zero attached hydrogens (tertiary/aromatic N) is 2. The molecule has 0 saturated carbocycles. The number of rotatable bonds is 6. The summed E-state index contributed by atoms with van der Waals surface area (Å²) in [5.41, 5.74) is 4.22. The van der Waals surface area contributed by atoms with Crippen molar-refractivity contribution in [3.8, 4) is 5.75 Å². The Morgan fingerprint density at radius 1 is 0.968 bits per heavy atom. The molecule has 2 aliphatic rings. The fourth-order valence-corrected chi connectivity index (χ4v) is 3.99. The van der Waals surface area contributed by atoms with Gasteiger partial charge in [0.05, 0.1) is 31.1 Å². The van der Waals surface area contributed by atoms with Gasteiger partial charge in [-0.25, -0.2) is 4.90 Å². The van der Waals surface area contributed by atoms with Gasteiger partial charge in [-0.15, -0.1) is 0 Å². The number of hydrogen-bond acceptors (Lipinski definition) is 5. The number of benzene rings is 2. The number of ether oxygens (including phenoxy) is 2. The molecule has 0 unspecified atom stereocenters. The van der Waals surface area contributed by atoms with E-state index in [0.717, 1.165) is 28.9 Å². The van der Waals surface area contributed by atoms with Crippen LogP contribution < -0.4 is 9.64 Å². The highest BCUT2D eigenvalue weighted by molar-refractivity contribution is 6.45. The van der Waals surface area contributed by atoms with Crippen LogP contribution in [0.3, 0.4) is 0 Å². The molecule has 0 N–H and O–H groups in total. The average molecular weight is 421 g/mol. The third-order valence-corrected chi connectivity index (χ3v) is 5.82. The van der Waals surface area contributed by atoms with E-state index in [9.17, 15) is 9.59 Å². The van der Waals surface area contributed by atoms with Gasteiger partial charge in [-0.1, -0.05) is 31.2 Å². The number of hydrogen-bond donors (Lipinski definition) is 0. The monoisotopic (exact) mass is 420 g/mol. The predicted octanol–water partition coefficient (Wildman–Crippen LogP) is 3.71. The predicted molar refractivity (Wildman–Crippen MR) is 120 cm³/mol. The highest BCUT2D eigenvalue weighted by Crippen LogP contribution is 2.37. The number of carbonyl (C=O) groups is 2. The van der Waals surface area contributed by atoms with Crippen molar-refractivity contribution in [2.45, 2.75) is 27.2 Å². The van der Waals surface area contributed by atoms with E-state index in [0.29, 0.717) is 49.9 Å². The lowest BCUT2D eigenvalue weighted by Gasteiger charge is -2.29. The number of amides is 2. The van der Waals surface area contributed by atoms with Crippen molar-refractivity contribution in [2.24, 2.45) is 0 Å². The van der Waals surface area contributed by atoms with Crippen LogP contribution in [0.15, 0.2) is 48.2 Å². The first-order valence-corrected chi connectivity index (χ1v) is 10.8. The van der Waals surface area contributed by atoms with E-state index >= 15 is 0 Å². The Morgan fingerprint density at radius 2 is 1.68 bits per heavy atom. The molecule has 0 atom stereocenters.